The number of likely N-dealkylation sites (N-methyl/N-ethyl adjacent to an activating group) is 1. The molecule has 0 radical (unpaired) electrons. The van der Waals surface area contributed by atoms with Crippen molar-refractivity contribution in [1.82, 2.24) is 14.8 Å². The van der Waals surface area contributed by atoms with Gasteiger partial charge in [0.05, 0.1) is 11.4 Å². The lowest BCUT2D eigenvalue weighted by molar-refractivity contribution is -0.119. The second-order valence-electron chi connectivity index (χ2n) is 4.76. The van der Waals surface area contributed by atoms with Crippen LogP contribution < -0.4 is 15.5 Å². The summed E-state index contributed by atoms with van der Waals surface area (Å²) in [6.45, 7) is 1.61. The molecule has 20 heavy (non-hydrogen) atoms. The maximum absolute atomic E-state index is 12.4. The fourth-order valence-electron chi connectivity index (χ4n) is 2.37. The highest BCUT2D eigenvalue weighted by Crippen LogP contribution is 2.31. The van der Waals surface area contributed by atoms with Crippen LogP contribution in [-0.2, 0) is 11.3 Å². The van der Waals surface area contributed by atoms with Crippen molar-refractivity contribution in [3.8, 4) is 0 Å². The number of aromatic nitrogens is 3. The molecule has 0 aliphatic carbocycles. The number of para-hydroxylation sites is 2. The number of nitrogens with zero attached hydrogens (tertiary/aromatic N) is 5. The fourth-order valence-corrected chi connectivity index (χ4v) is 2.37. The minimum atomic E-state index is -0.0181. The van der Waals surface area contributed by atoms with Gasteiger partial charge in [-0.1, -0.05) is 12.1 Å². The lowest BCUT2D eigenvalue weighted by Crippen LogP contribution is -2.44. The summed E-state index contributed by atoms with van der Waals surface area (Å²) in [5, 5.41) is 3.94. The molecule has 1 aromatic heterocycles. The summed E-state index contributed by atoms with van der Waals surface area (Å²) in [4.78, 5) is 20.2. The van der Waals surface area contributed by atoms with Crippen molar-refractivity contribution in [2.75, 3.05) is 35.7 Å². The summed E-state index contributed by atoms with van der Waals surface area (Å²) in [6.07, 6.45) is 1.47. The third-order valence-electron chi connectivity index (χ3n) is 3.40. The van der Waals surface area contributed by atoms with Crippen molar-refractivity contribution in [2.45, 2.75) is 6.54 Å². The van der Waals surface area contributed by atoms with Gasteiger partial charge in [-0.25, -0.2) is 9.67 Å². The smallest absolute Gasteiger partial charge is 0.248 e. The van der Waals surface area contributed by atoms with E-state index in [0.29, 0.717) is 6.54 Å². The van der Waals surface area contributed by atoms with Crippen LogP contribution in [0.3, 0.4) is 0 Å². The summed E-state index contributed by atoms with van der Waals surface area (Å²) < 4.78 is 1.46. The lowest BCUT2D eigenvalue weighted by atomic mass is 10.1. The number of amides is 1. The molecule has 0 saturated heterocycles. The van der Waals surface area contributed by atoms with E-state index in [4.69, 9.17) is 5.73 Å². The van der Waals surface area contributed by atoms with E-state index in [9.17, 15) is 4.79 Å². The molecule has 3 rings (SSSR count). The first-order chi connectivity index (χ1) is 9.65. The molecular formula is C13H16N6O. The molecule has 1 amide bonds. The van der Waals surface area contributed by atoms with E-state index >= 15 is 0 Å². The van der Waals surface area contributed by atoms with E-state index in [-0.39, 0.29) is 18.4 Å². The number of anilines is 3. The Morgan fingerprint density at radius 1 is 1.30 bits per heavy atom. The van der Waals surface area contributed by atoms with Crippen molar-refractivity contribution < 1.29 is 4.79 Å². The third-order valence-corrected chi connectivity index (χ3v) is 3.40. The van der Waals surface area contributed by atoms with Gasteiger partial charge in [0, 0.05) is 20.1 Å². The Hall–Kier alpha value is -2.57. The van der Waals surface area contributed by atoms with E-state index in [1.54, 1.807) is 4.90 Å². The number of carbonyl (C=O) groups is 1. The van der Waals surface area contributed by atoms with Gasteiger partial charge in [-0.2, -0.15) is 0 Å². The van der Waals surface area contributed by atoms with E-state index in [1.807, 2.05) is 31.3 Å². The summed E-state index contributed by atoms with van der Waals surface area (Å²) in [6, 6.07) is 7.88. The van der Waals surface area contributed by atoms with Gasteiger partial charge in [0.15, 0.2) is 0 Å². The average molecular weight is 272 g/mol. The van der Waals surface area contributed by atoms with Crippen LogP contribution in [0.1, 0.15) is 0 Å². The minimum absolute atomic E-state index is 0.0181. The molecule has 104 valence electrons. The number of hydrogen-bond acceptors (Lipinski definition) is 5. The van der Waals surface area contributed by atoms with Crippen LogP contribution in [0.15, 0.2) is 30.6 Å². The maximum atomic E-state index is 12.4. The number of carbonyl (C=O) groups excluding carboxylic acids is 1. The summed E-state index contributed by atoms with van der Waals surface area (Å²) in [5.74, 6) is 0.159. The van der Waals surface area contributed by atoms with Gasteiger partial charge in [-0.15, -0.1) is 5.10 Å². The lowest BCUT2D eigenvalue weighted by Gasteiger charge is -2.35. The molecule has 1 aliphatic heterocycles. The average Bonchev–Trinajstić information content (AvgIpc) is 2.84. The molecule has 2 N–H and O–H groups in total. The SMILES string of the molecule is CN1CCN(C(=O)Cn2cnc(N)n2)c2ccccc21. The molecule has 7 heteroatoms. The molecule has 0 saturated carbocycles. The molecule has 0 atom stereocenters. The molecule has 2 aromatic rings. The predicted octanol–water partition coefficient (Wildman–Crippen LogP) is 0.343. The number of benzene rings is 1. The van der Waals surface area contributed by atoms with Gasteiger partial charge in [-0.05, 0) is 12.1 Å². The van der Waals surface area contributed by atoms with Crippen LogP contribution in [0, 0.1) is 0 Å². The Morgan fingerprint density at radius 2 is 2.05 bits per heavy atom. The summed E-state index contributed by atoms with van der Waals surface area (Å²) in [5.41, 5.74) is 7.44. The van der Waals surface area contributed by atoms with Gasteiger partial charge in [0.25, 0.3) is 0 Å². The van der Waals surface area contributed by atoms with Crippen molar-refractivity contribution in [3.63, 3.8) is 0 Å². The molecule has 2 heterocycles. The zero-order valence-corrected chi connectivity index (χ0v) is 11.2. The first-order valence-electron chi connectivity index (χ1n) is 6.40. The third kappa shape index (κ3) is 2.18. The van der Waals surface area contributed by atoms with Crippen LogP contribution in [-0.4, -0.2) is 40.8 Å². The van der Waals surface area contributed by atoms with Gasteiger partial charge in [-0.3, -0.25) is 4.79 Å². The van der Waals surface area contributed by atoms with Gasteiger partial charge in [0.2, 0.25) is 11.9 Å². The first-order valence-corrected chi connectivity index (χ1v) is 6.40. The Balaban J connectivity index is 1.84. The number of nitrogen functional groups attached to an aromatic ring is 1. The highest BCUT2D eigenvalue weighted by atomic mass is 16.2. The largest absolute Gasteiger partial charge is 0.371 e. The molecule has 0 fully saturated rings. The second kappa shape index (κ2) is 4.84. The minimum Gasteiger partial charge on any atom is -0.371 e. The maximum Gasteiger partial charge on any atom is 0.248 e. The number of fused-ring (bicyclic) bond motifs is 1. The Morgan fingerprint density at radius 3 is 2.75 bits per heavy atom. The van der Waals surface area contributed by atoms with Crippen LogP contribution in [0.5, 0.6) is 0 Å². The van der Waals surface area contributed by atoms with Crippen LogP contribution in [0.25, 0.3) is 0 Å². The quantitative estimate of drug-likeness (QED) is 0.853. The molecular weight excluding hydrogens is 256 g/mol. The molecule has 0 unspecified atom stereocenters. The normalized spacial score (nSPS) is 14.2. The zero-order valence-electron chi connectivity index (χ0n) is 11.2. The van der Waals surface area contributed by atoms with Crippen LogP contribution in [0.2, 0.25) is 0 Å². The monoisotopic (exact) mass is 272 g/mol. The number of rotatable bonds is 2. The second-order valence-corrected chi connectivity index (χ2v) is 4.76. The zero-order chi connectivity index (χ0) is 14.1. The van der Waals surface area contributed by atoms with Gasteiger partial charge >= 0.3 is 0 Å². The van der Waals surface area contributed by atoms with Gasteiger partial charge in [0.1, 0.15) is 12.9 Å². The van der Waals surface area contributed by atoms with Crippen molar-refractivity contribution >= 4 is 23.2 Å². The number of nitrogens with two attached hydrogens (primary N) is 1. The van der Waals surface area contributed by atoms with Crippen LogP contribution >= 0.6 is 0 Å². The topological polar surface area (TPSA) is 80.3 Å². The van der Waals surface area contributed by atoms with Crippen molar-refractivity contribution in [2.24, 2.45) is 0 Å². The molecule has 1 aliphatic rings. The van der Waals surface area contributed by atoms with E-state index in [2.05, 4.69) is 15.0 Å². The van der Waals surface area contributed by atoms with Crippen molar-refractivity contribution in [3.05, 3.63) is 30.6 Å². The molecule has 1 aromatic carbocycles. The molecule has 0 spiro atoms. The summed E-state index contributed by atoms with van der Waals surface area (Å²) >= 11 is 0. The van der Waals surface area contributed by atoms with E-state index < -0.39 is 0 Å². The highest BCUT2D eigenvalue weighted by Gasteiger charge is 2.24. The van der Waals surface area contributed by atoms with E-state index in [0.717, 1.165) is 17.9 Å². The fraction of sp³-hybridized carbons (Fsp3) is 0.308. The van der Waals surface area contributed by atoms with Crippen molar-refractivity contribution in [1.29, 1.82) is 0 Å². The van der Waals surface area contributed by atoms with Crippen LogP contribution in [0.4, 0.5) is 17.3 Å². The molecule has 0 bridgehead atoms. The Bertz CT molecular complexity index is 637. The highest BCUT2D eigenvalue weighted by molar-refractivity contribution is 5.97. The standard InChI is InChI=1S/C13H16N6O/c1-17-6-7-19(11-5-3-2-4-10(11)17)12(20)8-18-9-15-13(14)16-18/h2-5,9H,6-8H2,1H3,(H2,14,16). The molecule has 7 nitrogen and oxygen atoms in total. The Labute approximate surface area is 116 Å². The first kappa shape index (κ1) is 12.5. The van der Waals surface area contributed by atoms with Gasteiger partial charge < -0.3 is 15.5 Å². The summed E-state index contributed by atoms with van der Waals surface area (Å²) in [7, 11) is 2.03. The Kier molecular flexibility index (Phi) is 3.02. The predicted molar refractivity (Wildman–Crippen MR) is 76.5 cm³/mol. The number of hydrogen-bond donors (Lipinski definition) is 1. The van der Waals surface area contributed by atoms with E-state index in [1.165, 1.54) is 11.0 Å².